The van der Waals surface area contributed by atoms with Crippen molar-refractivity contribution < 1.29 is 57.4 Å². The van der Waals surface area contributed by atoms with E-state index in [1.807, 2.05) is 0 Å². The Balaban J connectivity index is 6.04. The minimum absolute atomic E-state index is 0.683. The third-order valence-corrected chi connectivity index (χ3v) is 1.88. The Morgan fingerprint density at radius 3 is 1.45 bits per heavy atom. The molecule has 0 spiro atoms. The SMILES string of the molecule is CCOC(=NC(F)(F)C(F)(F)C(F)(F)F)C(F)(F)C(F)(F)F. The summed E-state index contributed by atoms with van der Waals surface area (Å²) in [4.78, 5) is 0.896. The van der Waals surface area contributed by atoms with Gasteiger partial charge in [0.25, 0.3) is 5.90 Å². The summed E-state index contributed by atoms with van der Waals surface area (Å²) < 4.78 is 150. The lowest BCUT2D eigenvalue weighted by molar-refractivity contribution is -0.352. The molecule has 0 bridgehead atoms. The van der Waals surface area contributed by atoms with Crippen LogP contribution in [0.25, 0.3) is 0 Å². The standard InChI is InChI=1S/C8H5F12NO/c1-2-22-3(4(9,10)6(13,14)15)21-8(19,20)5(11,12)7(16,17)18/h2H2,1H3. The highest BCUT2D eigenvalue weighted by Gasteiger charge is 2.75. The van der Waals surface area contributed by atoms with Gasteiger partial charge in [-0.3, -0.25) is 0 Å². The molecule has 2 nitrogen and oxygen atoms in total. The molecule has 0 saturated heterocycles. The monoisotopic (exact) mass is 359 g/mol. The van der Waals surface area contributed by atoms with Gasteiger partial charge in [0.2, 0.25) is 0 Å². The van der Waals surface area contributed by atoms with Crippen LogP contribution in [0, 0.1) is 0 Å². The first-order chi connectivity index (χ1) is 9.42. The molecule has 0 aromatic rings. The summed E-state index contributed by atoms with van der Waals surface area (Å²) in [5, 5.41) is 0. The average Bonchev–Trinajstić information content (AvgIpc) is 2.24. The second-order valence-corrected chi connectivity index (χ2v) is 3.54. The molecule has 0 fully saturated rings. The first-order valence-corrected chi connectivity index (χ1v) is 4.91. The number of hydrogen-bond acceptors (Lipinski definition) is 2. The molecule has 0 atom stereocenters. The van der Waals surface area contributed by atoms with Crippen molar-refractivity contribution in [2.75, 3.05) is 6.61 Å². The van der Waals surface area contributed by atoms with E-state index in [9.17, 15) is 52.7 Å². The van der Waals surface area contributed by atoms with Crippen molar-refractivity contribution in [1.82, 2.24) is 0 Å². The summed E-state index contributed by atoms with van der Waals surface area (Å²) in [5.74, 6) is -16.6. The molecule has 0 N–H and O–H groups in total. The van der Waals surface area contributed by atoms with E-state index in [2.05, 4.69) is 4.74 Å². The third kappa shape index (κ3) is 3.69. The predicted molar refractivity (Wildman–Crippen MR) is 46.0 cm³/mol. The molecule has 0 aliphatic heterocycles. The van der Waals surface area contributed by atoms with Gasteiger partial charge in [0, 0.05) is 0 Å². The van der Waals surface area contributed by atoms with Crippen molar-refractivity contribution in [2.24, 2.45) is 4.99 Å². The topological polar surface area (TPSA) is 21.6 Å². The second-order valence-electron chi connectivity index (χ2n) is 3.54. The van der Waals surface area contributed by atoms with E-state index in [1.165, 1.54) is 0 Å². The normalized spacial score (nSPS) is 16.0. The van der Waals surface area contributed by atoms with Gasteiger partial charge in [-0.15, -0.1) is 0 Å². The largest absolute Gasteiger partial charge is 0.477 e. The number of halogens is 12. The molecule has 22 heavy (non-hydrogen) atoms. The lowest BCUT2D eigenvalue weighted by atomic mass is 10.2. The number of nitrogens with zero attached hydrogens (tertiary/aromatic N) is 1. The van der Waals surface area contributed by atoms with E-state index in [0.29, 0.717) is 6.92 Å². The number of aliphatic imine (C=N–C) groups is 1. The smallest absolute Gasteiger partial charge is 0.463 e. The fourth-order valence-corrected chi connectivity index (χ4v) is 0.819. The first-order valence-electron chi connectivity index (χ1n) is 4.91. The van der Waals surface area contributed by atoms with E-state index in [0.717, 1.165) is 4.99 Å². The quantitative estimate of drug-likeness (QED) is 0.315. The molecule has 0 aliphatic rings. The zero-order valence-corrected chi connectivity index (χ0v) is 10.1. The summed E-state index contributed by atoms with van der Waals surface area (Å²) in [6.07, 6.45) is -13.6. The Morgan fingerprint density at radius 2 is 1.18 bits per heavy atom. The Hall–Kier alpha value is -1.37. The van der Waals surface area contributed by atoms with Gasteiger partial charge in [-0.2, -0.15) is 57.7 Å². The highest BCUT2D eigenvalue weighted by Crippen LogP contribution is 2.48. The summed E-state index contributed by atoms with van der Waals surface area (Å²) in [6, 6.07) is -6.65. The zero-order chi connectivity index (χ0) is 18.2. The van der Waals surface area contributed by atoms with Gasteiger partial charge in [-0.25, -0.2) is 0 Å². The maximum Gasteiger partial charge on any atom is 0.463 e. The highest BCUT2D eigenvalue weighted by atomic mass is 19.4. The Kier molecular flexibility index (Phi) is 5.33. The van der Waals surface area contributed by atoms with Crippen LogP contribution in [0.4, 0.5) is 52.7 Å². The van der Waals surface area contributed by atoms with Crippen LogP contribution in [-0.4, -0.2) is 42.7 Å². The summed E-state index contributed by atoms with van der Waals surface area (Å²) in [7, 11) is 0. The molecule has 0 heterocycles. The second kappa shape index (κ2) is 5.68. The average molecular weight is 359 g/mol. The Morgan fingerprint density at radius 1 is 0.773 bits per heavy atom. The minimum atomic E-state index is -7.00. The molecule has 0 saturated carbocycles. The Bertz CT molecular complexity index is 420. The fourth-order valence-electron chi connectivity index (χ4n) is 0.819. The van der Waals surface area contributed by atoms with Gasteiger partial charge in [0.1, 0.15) is 0 Å². The van der Waals surface area contributed by atoms with E-state index in [-0.39, 0.29) is 0 Å². The van der Waals surface area contributed by atoms with Crippen LogP contribution in [0.1, 0.15) is 6.92 Å². The molecule has 0 radical (unpaired) electrons. The van der Waals surface area contributed by atoms with E-state index < -0.39 is 42.7 Å². The number of alkyl halides is 12. The maximum absolute atomic E-state index is 12.8. The lowest BCUT2D eigenvalue weighted by Gasteiger charge is -2.27. The van der Waals surface area contributed by atoms with Crippen molar-refractivity contribution in [3.63, 3.8) is 0 Å². The predicted octanol–water partition coefficient (Wildman–Crippen LogP) is 4.41. The van der Waals surface area contributed by atoms with Crippen LogP contribution in [0.3, 0.4) is 0 Å². The van der Waals surface area contributed by atoms with Gasteiger partial charge in [-0.05, 0) is 6.92 Å². The molecule has 0 unspecified atom stereocenters. The zero-order valence-electron chi connectivity index (χ0n) is 10.1. The van der Waals surface area contributed by atoms with Crippen molar-refractivity contribution in [1.29, 1.82) is 0 Å². The minimum Gasteiger partial charge on any atom is -0.477 e. The molecular formula is C8H5F12NO. The van der Waals surface area contributed by atoms with Gasteiger partial charge >= 0.3 is 30.2 Å². The van der Waals surface area contributed by atoms with Crippen LogP contribution < -0.4 is 0 Å². The van der Waals surface area contributed by atoms with Crippen LogP contribution >= 0.6 is 0 Å². The molecule has 0 amide bonds. The molecule has 0 rings (SSSR count). The van der Waals surface area contributed by atoms with Crippen molar-refractivity contribution >= 4 is 5.90 Å². The number of rotatable bonds is 4. The van der Waals surface area contributed by atoms with Crippen LogP contribution in [0.5, 0.6) is 0 Å². The molecule has 132 valence electrons. The van der Waals surface area contributed by atoms with Gasteiger partial charge in [0.05, 0.1) is 6.61 Å². The molecular weight excluding hydrogens is 354 g/mol. The molecule has 0 aromatic carbocycles. The van der Waals surface area contributed by atoms with E-state index >= 15 is 0 Å². The van der Waals surface area contributed by atoms with Crippen molar-refractivity contribution in [3.8, 4) is 0 Å². The van der Waals surface area contributed by atoms with Crippen LogP contribution in [0.2, 0.25) is 0 Å². The molecule has 14 heteroatoms. The van der Waals surface area contributed by atoms with Gasteiger partial charge < -0.3 is 4.74 Å². The van der Waals surface area contributed by atoms with Crippen LogP contribution in [0.15, 0.2) is 4.99 Å². The van der Waals surface area contributed by atoms with Gasteiger partial charge in [-0.1, -0.05) is 0 Å². The third-order valence-electron chi connectivity index (χ3n) is 1.88. The fraction of sp³-hybridized carbons (Fsp3) is 0.875. The maximum atomic E-state index is 12.8. The number of ether oxygens (including phenoxy) is 1. The Labute approximate surface area is 113 Å². The molecule has 0 aliphatic carbocycles. The lowest BCUT2D eigenvalue weighted by Crippen LogP contribution is -2.53. The highest BCUT2D eigenvalue weighted by molar-refractivity contribution is 5.84. The van der Waals surface area contributed by atoms with Crippen molar-refractivity contribution in [2.45, 2.75) is 37.2 Å². The van der Waals surface area contributed by atoms with E-state index in [4.69, 9.17) is 0 Å². The summed E-state index contributed by atoms with van der Waals surface area (Å²) in [5.41, 5.74) is 0. The van der Waals surface area contributed by atoms with Crippen molar-refractivity contribution in [3.05, 3.63) is 0 Å². The molecule has 0 aromatic heterocycles. The summed E-state index contributed by atoms with van der Waals surface area (Å²) in [6.45, 7) is -0.500. The van der Waals surface area contributed by atoms with E-state index in [1.54, 1.807) is 0 Å². The van der Waals surface area contributed by atoms with Gasteiger partial charge in [0.15, 0.2) is 0 Å². The number of hydrogen-bond donors (Lipinski definition) is 0. The summed E-state index contributed by atoms with van der Waals surface area (Å²) >= 11 is 0. The van der Waals surface area contributed by atoms with Crippen LogP contribution in [-0.2, 0) is 4.74 Å². The first kappa shape index (κ1) is 20.6.